The summed E-state index contributed by atoms with van der Waals surface area (Å²) in [6.45, 7) is 1.97. The molecule has 1 atom stereocenters. The van der Waals surface area contributed by atoms with Gasteiger partial charge in [-0.3, -0.25) is 5.10 Å². The second-order valence-corrected chi connectivity index (χ2v) is 5.58. The first-order valence-electron chi connectivity index (χ1n) is 7.49. The number of benzene rings is 1. The van der Waals surface area contributed by atoms with Gasteiger partial charge in [-0.2, -0.15) is 5.10 Å². The summed E-state index contributed by atoms with van der Waals surface area (Å²) in [7, 11) is 0. The van der Waals surface area contributed by atoms with Crippen molar-refractivity contribution in [2.75, 3.05) is 5.32 Å². The maximum absolute atomic E-state index is 4.63. The van der Waals surface area contributed by atoms with E-state index >= 15 is 0 Å². The molecular formula is C17H17N5. The maximum atomic E-state index is 4.63. The van der Waals surface area contributed by atoms with Crippen LogP contribution >= 0.6 is 0 Å². The number of aromatic nitrogens is 4. The lowest BCUT2D eigenvalue weighted by molar-refractivity contribution is 0.751. The molecule has 0 bridgehead atoms. The Labute approximate surface area is 128 Å². The van der Waals surface area contributed by atoms with E-state index in [9.17, 15) is 0 Å². The third kappa shape index (κ3) is 2.24. The first-order valence-corrected chi connectivity index (χ1v) is 7.49. The van der Waals surface area contributed by atoms with E-state index in [2.05, 4.69) is 49.7 Å². The van der Waals surface area contributed by atoms with E-state index in [1.165, 1.54) is 11.1 Å². The molecule has 2 aromatic heterocycles. The Morgan fingerprint density at radius 1 is 1.23 bits per heavy atom. The van der Waals surface area contributed by atoms with E-state index in [-0.39, 0.29) is 6.04 Å². The van der Waals surface area contributed by atoms with Gasteiger partial charge in [0.2, 0.25) is 5.95 Å². The fourth-order valence-electron chi connectivity index (χ4n) is 3.06. The number of anilines is 1. The zero-order valence-electron chi connectivity index (χ0n) is 12.4. The Morgan fingerprint density at radius 3 is 3.00 bits per heavy atom. The Kier molecular flexibility index (Phi) is 3.11. The fraction of sp³-hybridized carbons (Fsp3) is 0.235. The molecule has 110 valence electrons. The molecule has 5 heteroatoms. The predicted octanol–water partition coefficient (Wildman–Crippen LogP) is 3.27. The van der Waals surface area contributed by atoms with Crippen LogP contribution in [0.15, 0.2) is 42.7 Å². The number of nitrogens with zero attached hydrogens (tertiary/aromatic N) is 3. The van der Waals surface area contributed by atoms with Crippen molar-refractivity contribution in [3.63, 3.8) is 0 Å². The molecule has 1 unspecified atom stereocenters. The largest absolute Gasteiger partial charge is 0.347 e. The maximum Gasteiger partial charge on any atom is 0.223 e. The second kappa shape index (κ2) is 5.26. The van der Waals surface area contributed by atoms with E-state index in [0.29, 0.717) is 5.95 Å². The van der Waals surface area contributed by atoms with E-state index in [0.717, 1.165) is 29.8 Å². The molecule has 1 aromatic carbocycles. The number of H-pyrrole nitrogens is 1. The summed E-state index contributed by atoms with van der Waals surface area (Å²) in [5, 5.41) is 10.5. The summed E-state index contributed by atoms with van der Waals surface area (Å²) in [4.78, 5) is 8.99. The smallest absolute Gasteiger partial charge is 0.223 e. The molecule has 0 radical (unpaired) electrons. The van der Waals surface area contributed by atoms with Crippen LogP contribution in [0.5, 0.6) is 0 Å². The van der Waals surface area contributed by atoms with Crippen LogP contribution in [0.2, 0.25) is 0 Å². The minimum atomic E-state index is 0.289. The minimum absolute atomic E-state index is 0.289. The van der Waals surface area contributed by atoms with Crippen molar-refractivity contribution in [3.05, 3.63) is 59.5 Å². The highest BCUT2D eigenvalue weighted by Crippen LogP contribution is 2.33. The lowest BCUT2D eigenvalue weighted by Gasteiger charge is -2.14. The van der Waals surface area contributed by atoms with Gasteiger partial charge in [-0.05, 0) is 37.0 Å². The van der Waals surface area contributed by atoms with Crippen molar-refractivity contribution in [1.29, 1.82) is 0 Å². The van der Waals surface area contributed by atoms with Crippen molar-refractivity contribution in [1.82, 2.24) is 20.2 Å². The second-order valence-electron chi connectivity index (χ2n) is 5.58. The van der Waals surface area contributed by atoms with Crippen LogP contribution in [0.4, 0.5) is 5.95 Å². The van der Waals surface area contributed by atoms with Crippen LogP contribution < -0.4 is 5.32 Å². The number of rotatable bonds is 3. The van der Waals surface area contributed by atoms with Crippen LogP contribution in [0, 0.1) is 6.92 Å². The van der Waals surface area contributed by atoms with Crippen LogP contribution in [0.3, 0.4) is 0 Å². The summed E-state index contributed by atoms with van der Waals surface area (Å²) < 4.78 is 0. The van der Waals surface area contributed by atoms with Crippen molar-refractivity contribution in [2.24, 2.45) is 0 Å². The highest BCUT2D eigenvalue weighted by Gasteiger charge is 2.22. The van der Waals surface area contributed by atoms with Crippen molar-refractivity contribution >= 4 is 5.95 Å². The molecule has 2 heterocycles. The van der Waals surface area contributed by atoms with E-state index in [1.807, 2.05) is 19.2 Å². The molecule has 4 rings (SSSR count). The van der Waals surface area contributed by atoms with E-state index in [4.69, 9.17) is 0 Å². The van der Waals surface area contributed by atoms with Crippen molar-refractivity contribution in [2.45, 2.75) is 25.8 Å². The van der Waals surface area contributed by atoms with Gasteiger partial charge in [0.15, 0.2) is 0 Å². The van der Waals surface area contributed by atoms with E-state index < -0.39 is 0 Å². The molecule has 0 fully saturated rings. The molecule has 2 N–H and O–H groups in total. The highest BCUT2D eigenvalue weighted by molar-refractivity contribution is 5.61. The molecule has 0 saturated carbocycles. The van der Waals surface area contributed by atoms with Gasteiger partial charge in [0.05, 0.1) is 17.4 Å². The Hall–Kier alpha value is -2.69. The van der Waals surface area contributed by atoms with Gasteiger partial charge in [-0.1, -0.05) is 24.3 Å². The molecular weight excluding hydrogens is 274 g/mol. The summed E-state index contributed by atoms with van der Waals surface area (Å²) in [5.41, 5.74) is 5.61. The van der Waals surface area contributed by atoms with Crippen molar-refractivity contribution < 1.29 is 0 Å². The first kappa shape index (κ1) is 13.0. The number of aryl methyl sites for hydroxylation is 2. The van der Waals surface area contributed by atoms with Gasteiger partial charge < -0.3 is 5.32 Å². The van der Waals surface area contributed by atoms with Gasteiger partial charge in [0.1, 0.15) is 0 Å². The predicted molar refractivity (Wildman–Crippen MR) is 85.5 cm³/mol. The lowest BCUT2D eigenvalue weighted by atomic mass is 10.1. The third-order valence-electron chi connectivity index (χ3n) is 4.20. The molecule has 5 nitrogen and oxygen atoms in total. The Morgan fingerprint density at radius 2 is 2.14 bits per heavy atom. The molecule has 22 heavy (non-hydrogen) atoms. The molecule has 0 spiro atoms. The number of hydrogen-bond acceptors (Lipinski definition) is 4. The molecule has 3 aromatic rings. The van der Waals surface area contributed by atoms with Crippen LogP contribution in [-0.2, 0) is 6.42 Å². The number of nitrogens with one attached hydrogen (secondary N) is 2. The molecule has 1 aliphatic carbocycles. The van der Waals surface area contributed by atoms with Gasteiger partial charge in [-0.15, -0.1) is 0 Å². The zero-order chi connectivity index (χ0) is 14.9. The van der Waals surface area contributed by atoms with Gasteiger partial charge >= 0.3 is 0 Å². The van der Waals surface area contributed by atoms with Crippen LogP contribution in [0.1, 0.15) is 29.3 Å². The standard InChI is InChI=1S/C17H17N5/c1-11-14(10-19-22-11)16-8-9-18-17(21-16)20-15-7-6-12-4-2-3-5-13(12)15/h2-5,8-10,15H,6-7H2,1H3,(H,19,22)(H,18,20,21). The number of fused-ring (bicyclic) bond motifs is 1. The number of hydrogen-bond donors (Lipinski definition) is 2. The first-order chi connectivity index (χ1) is 10.8. The third-order valence-corrected chi connectivity index (χ3v) is 4.20. The summed E-state index contributed by atoms with van der Waals surface area (Å²) in [6.07, 6.45) is 5.84. The monoisotopic (exact) mass is 291 g/mol. The Bertz CT molecular complexity index is 808. The summed E-state index contributed by atoms with van der Waals surface area (Å²) >= 11 is 0. The summed E-state index contributed by atoms with van der Waals surface area (Å²) in [6, 6.07) is 10.8. The minimum Gasteiger partial charge on any atom is -0.347 e. The summed E-state index contributed by atoms with van der Waals surface area (Å²) in [5.74, 6) is 0.666. The van der Waals surface area contributed by atoms with Gasteiger partial charge in [-0.25, -0.2) is 9.97 Å². The fourth-order valence-corrected chi connectivity index (χ4v) is 3.06. The topological polar surface area (TPSA) is 66.5 Å². The Balaban J connectivity index is 1.61. The average molecular weight is 291 g/mol. The lowest BCUT2D eigenvalue weighted by Crippen LogP contribution is -2.10. The van der Waals surface area contributed by atoms with E-state index in [1.54, 1.807) is 6.20 Å². The number of aromatic amines is 1. The zero-order valence-corrected chi connectivity index (χ0v) is 12.4. The van der Waals surface area contributed by atoms with Crippen LogP contribution in [-0.4, -0.2) is 20.2 Å². The SMILES string of the molecule is Cc1n[nH]cc1-c1ccnc(NC2CCc3ccccc32)n1. The molecule has 0 amide bonds. The quantitative estimate of drug-likeness (QED) is 0.777. The van der Waals surface area contributed by atoms with Crippen molar-refractivity contribution in [3.8, 4) is 11.3 Å². The highest BCUT2D eigenvalue weighted by atomic mass is 15.1. The van der Waals surface area contributed by atoms with Gasteiger partial charge in [0.25, 0.3) is 0 Å². The average Bonchev–Trinajstić information content (AvgIpc) is 3.15. The van der Waals surface area contributed by atoms with Gasteiger partial charge in [0, 0.05) is 18.0 Å². The van der Waals surface area contributed by atoms with Crippen LogP contribution in [0.25, 0.3) is 11.3 Å². The molecule has 0 aliphatic heterocycles. The molecule has 0 saturated heterocycles. The molecule has 1 aliphatic rings. The normalized spacial score (nSPS) is 16.5.